The van der Waals surface area contributed by atoms with Crippen molar-refractivity contribution in [2.24, 2.45) is 0 Å². The minimum Gasteiger partial charge on any atom is -0.438 e. The van der Waals surface area contributed by atoms with Crippen molar-refractivity contribution in [3.05, 3.63) is 99.6 Å². The minimum absolute atomic E-state index is 0.143. The van der Waals surface area contributed by atoms with E-state index in [1.807, 2.05) is 74.5 Å². The Labute approximate surface area is 220 Å². The quantitative estimate of drug-likeness (QED) is 0.294. The van der Waals surface area contributed by atoms with Gasteiger partial charge in [-0.1, -0.05) is 54.6 Å². The average Bonchev–Trinajstić information content (AvgIpc) is 3.37. The van der Waals surface area contributed by atoms with E-state index in [2.05, 4.69) is 21.3 Å². The van der Waals surface area contributed by atoms with Gasteiger partial charge in [0, 0.05) is 31.1 Å². The summed E-state index contributed by atoms with van der Waals surface area (Å²) < 4.78 is 6.27. The summed E-state index contributed by atoms with van der Waals surface area (Å²) in [5.41, 5.74) is 3.62. The van der Waals surface area contributed by atoms with Crippen LogP contribution in [-0.2, 0) is 16.8 Å². The highest BCUT2D eigenvalue weighted by Crippen LogP contribution is 2.40. The monoisotopic (exact) mass is 509 g/mol. The van der Waals surface area contributed by atoms with Gasteiger partial charge in [-0.15, -0.1) is 21.5 Å². The first-order valence-electron chi connectivity index (χ1n) is 12.3. The lowest BCUT2D eigenvalue weighted by molar-refractivity contribution is -0.0653. The number of carbonyl (C=O) groups is 1. The molecular formula is C29H27N5O2S. The van der Waals surface area contributed by atoms with Gasteiger partial charge in [0.1, 0.15) is 21.7 Å². The minimum atomic E-state index is -0.695. The fraction of sp³-hybridized carbons (Fsp3) is 0.276. The van der Waals surface area contributed by atoms with E-state index in [1.165, 1.54) is 0 Å². The first-order chi connectivity index (χ1) is 18.0. The van der Waals surface area contributed by atoms with Crippen LogP contribution in [-0.4, -0.2) is 32.7 Å². The predicted octanol–water partition coefficient (Wildman–Crippen LogP) is 6.21. The summed E-state index contributed by atoms with van der Waals surface area (Å²) in [4.78, 5) is 19.6. The van der Waals surface area contributed by atoms with Gasteiger partial charge in [0.25, 0.3) is 0 Å². The van der Waals surface area contributed by atoms with Gasteiger partial charge < -0.3 is 9.64 Å². The second kappa shape index (κ2) is 10.5. The molecular weight excluding hydrogens is 482 g/mol. The van der Waals surface area contributed by atoms with Crippen molar-refractivity contribution in [3.63, 3.8) is 0 Å². The van der Waals surface area contributed by atoms with E-state index in [-0.39, 0.29) is 12.1 Å². The molecule has 1 fully saturated rings. The number of hydrogen-bond acceptors (Lipinski definition) is 7. The van der Waals surface area contributed by atoms with Crippen LogP contribution in [0.5, 0.6) is 0 Å². The second-order valence-corrected chi connectivity index (χ2v) is 10.5. The Morgan fingerprint density at radius 3 is 2.51 bits per heavy atom. The zero-order valence-electron chi connectivity index (χ0n) is 20.8. The van der Waals surface area contributed by atoms with Crippen molar-refractivity contribution in [1.82, 2.24) is 20.1 Å². The van der Waals surface area contributed by atoms with Crippen LogP contribution in [0.25, 0.3) is 11.3 Å². The Morgan fingerprint density at radius 1 is 1.11 bits per heavy atom. The molecule has 5 rings (SSSR count). The van der Waals surface area contributed by atoms with Crippen LogP contribution in [0.15, 0.2) is 72.9 Å². The molecule has 1 saturated heterocycles. The van der Waals surface area contributed by atoms with Gasteiger partial charge in [0.2, 0.25) is 0 Å². The molecule has 4 aromatic rings. The summed E-state index contributed by atoms with van der Waals surface area (Å²) in [5.74, 6) is 0. The molecule has 7 nitrogen and oxygen atoms in total. The zero-order chi connectivity index (χ0) is 25.8. The molecule has 1 unspecified atom stereocenters. The molecule has 1 amide bonds. The van der Waals surface area contributed by atoms with Gasteiger partial charge in [-0.3, -0.25) is 4.98 Å². The Hall–Kier alpha value is -4.09. The summed E-state index contributed by atoms with van der Waals surface area (Å²) in [7, 11) is 0. The van der Waals surface area contributed by atoms with Crippen molar-refractivity contribution in [1.29, 1.82) is 5.26 Å². The molecule has 0 aliphatic carbocycles. The summed E-state index contributed by atoms with van der Waals surface area (Å²) in [6.07, 6.45) is 3.31. The molecule has 0 N–H and O–H groups in total. The van der Waals surface area contributed by atoms with Crippen LogP contribution in [0.1, 0.15) is 52.5 Å². The van der Waals surface area contributed by atoms with Gasteiger partial charge in [-0.25, -0.2) is 4.79 Å². The third-order valence-electron chi connectivity index (χ3n) is 6.93. The second-order valence-electron chi connectivity index (χ2n) is 9.23. The number of aryl methyl sites for hydroxylation is 2. The summed E-state index contributed by atoms with van der Waals surface area (Å²) in [6.45, 7) is 4.56. The number of pyridine rings is 1. The third-order valence-corrected chi connectivity index (χ3v) is 7.83. The Kier molecular flexibility index (Phi) is 6.97. The molecule has 1 aliphatic heterocycles. The van der Waals surface area contributed by atoms with Gasteiger partial charge >= 0.3 is 6.09 Å². The van der Waals surface area contributed by atoms with Crippen LogP contribution < -0.4 is 0 Å². The molecule has 0 saturated carbocycles. The van der Waals surface area contributed by atoms with E-state index in [4.69, 9.17) is 10.00 Å². The predicted molar refractivity (Wildman–Crippen MR) is 142 cm³/mol. The van der Waals surface area contributed by atoms with Crippen molar-refractivity contribution in [2.75, 3.05) is 6.54 Å². The highest BCUT2D eigenvalue weighted by molar-refractivity contribution is 7.11. The molecule has 186 valence electrons. The fourth-order valence-corrected chi connectivity index (χ4v) is 5.49. The van der Waals surface area contributed by atoms with E-state index < -0.39 is 5.60 Å². The molecule has 0 spiro atoms. The zero-order valence-corrected chi connectivity index (χ0v) is 21.6. The largest absolute Gasteiger partial charge is 0.438 e. The maximum Gasteiger partial charge on any atom is 0.411 e. The SMILES string of the molecule is Cc1nnc(CCC2(c3ccccc3)CCN([C@@H](C)c3ccc(-c4ccc(C#N)cn4)cc3)C(=O)O2)s1. The van der Waals surface area contributed by atoms with Gasteiger partial charge in [0.05, 0.1) is 17.3 Å². The van der Waals surface area contributed by atoms with Crippen LogP contribution in [0, 0.1) is 18.3 Å². The number of hydrogen-bond donors (Lipinski definition) is 0. The van der Waals surface area contributed by atoms with E-state index in [0.29, 0.717) is 31.4 Å². The topological polar surface area (TPSA) is 92.0 Å². The van der Waals surface area contributed by atoms with Gasteiger partial charge in [0.15, 0.2) is 0 Å². The number of aromatic nitrogens is 3. The van der Waals surface area contributed by atoms with Gasteiger partial charge in [-0.05, 0) is 43.5 Å². The van der Waals surface area contributed by atoms with Crippen LogP contribution >= 0.6 is 11.3 Å². The molecule has 8 heteroatoms. The van der Waals surface area contributed by atoms with E-state index in [1.54, 1.807) is 28.5 Å². The third kappa shape index (κ3) is 5.23. The Bertz CT molecular complexity index is 1410. The summed E-state index contributed by atoms with van der Waals surface area (Å²) >= 11 is 1.58. The van der Waals surface area contributed by atoms with Crippen molar-refractivity contribution >= 4 is 17.4 Å². The molecule has 37 heavy (non-hydrogen) atoms. The number of ether oxygens (including phenoxy) is 1. The van der Waals surface area contributed by atoms with Gasteiger partial charge in [-0.2, -0.15) is 5.26 Å². The van der Waals surface area contributed by atoms with Crippen molar-refractivity contribution in [2.45, 2.75) is 44.8 Å². The lowest BCUT2D eigenvalue weighted by Crippen LogP contribution is -2.49. The molecule has 2 aromatic heterocycles. The first-order valence-corrected chi connectivity index (χ1v) is 13.1. The van der Waals surface area contributed by atoms with Crippen molar-refractivity contribution < 1.29 is 9.53 Å². The first kappa shape index (κ1) is 24.6. The van der Waals surface area contributed by atoms with Crippen LogP contribution in [0.3, 0.4) is 0 Å². The average molecular weight is 510 g/mol. The van der Waals surface area contributed by atoms with E-state index in [9.17, 15) is 4.79 Å². The number of carbonyl (C=O) groups excluding carboxylic acids is 1. The highest BCUT2D eigenvalue weighted by atomic mass is 32.1. The van der Waals surface area contributed by atoms with E-state index in [0.717, 1.165) is 32.4 Å². The highest BCUT2D eigenvalue weighted by Gasteiger charge is 2.43. The molecule has 2 atom stereocenters. The molecule has 3 heterocycles. The Morgan fingerprint density at radius 2 is 1.89 bits per heavy atom. The number of benzene rings is 2. The maximum atomic E-state index is 13.4. The van der Waals surface area contributed by atoms with Crippen LogP contribution in [0.4, 0.5) is 4.79 Å². The number of cyclic esters (lactones) is 1. The number of amides is 1. The lowest BCUT2D eigenvalue weighted by atomic mass is 9.84. The molecule has 0 radical (unpaired) electrons. The number of nitriles is 1. The normalized spacial score (nSPS) is 18.2. The maximum absolute atomic E-state index is 13.4. The smallest absolute Gasteiger partial charge is 0.411 e. The summed E-state index contributed by atoms with van der Waals surface area (Å²) in [5, 5.41) is 19.3. The number of nitrogens with zero attached hydrogens (tertiary/aromatic N) is 5. The fourth-order valence-electron chi connectivity index (χ4n) is 4.78. The lowest BCUT2D eigenvalue weighted by Gasteiger charge is -2.43. The standard InChI is InChI=1S/C29H27N5O2S/c1-20(23-9-11-24(12-10-23)26-13-8-22(18-30)19-31-26)34-17-16-29(36-28(34)35,25-6-4-3-5-7-25)15-14-27-33-32-21(2)37-27/h3-13,19-20H,14-17H2,1-2H3/t20-,29?/m0/s1. The number of rotatable bonds is 7. The molecule has 1 aliphatic rings. The van der Waals surface area contributed by atoms with E-state index >= 15 is 0 Å². The Balaban J connectivity index is 1.32. The van der Waals surface area contributed by atoms with Crippen molar-refractivity contribution in [3.8, 4) is 17.3 Å². The molecule has 0 bridgehead atoms. The summed E-state index contributed by atoms with van der Waals surface area (Å²) in [6, 6.07) is 23.6. The molecule has 2 aromatic carbocycles. The van der Waals surface area contributed by atoms with Crippen LogP contribution in [0.2, 0.25) is 0 Å².